The minimum atomic E-state index is 0.0395. The highest BCUT2D eigenvalue weighted by Crippen LogP contribution is 2.24. The molecule has 0 aromatic carbocycles. The zero-order valence-electron chi connectivity index (χ0n) is 8.68. The zero-order valence-corrected chi connectivity index (χ0v) is 8.68. The van der Waals surface area contributed by atoms with Crippen molar-refractivity contribution in [3.63, 3.8) is 0 Å². The Labute approximate surface area is 88.9 Å². The first-order valence-corrected chi connectivity index (χ1v) is 5.04. The summed E-state index contributed by atoms with van der Waals surface area (Å²) in [5.41, 5.74) is 0. The van der Waals surface area contributed by atoms with Crippen molar-refractivity contribution in [1.29, 1.82) is 0 Å². The van der Waals surface area contributed by atoms with Crippen LogP contribution in [0.2, 0.25) is 0 Å². The second-order valence-corrected chi connectivity index (χ2v) is 3.58. The van der Waals surface area contributed by atoms with Crippen molar-refractivity contribution in [3.8, 4) is 12.3 Å². The van der Waals surface area contributed by atoms with Gasteiger partial charge < -0.3 is 0 Å². The SMILES string of the molecule is C#CC1CC(=O)N(c2ccnn2CC)C1. The Balaban J connectivity index is 2.26. The van der Waals surface area contributed by atoms with Crippen molar-refractivity contribution < 1.29 is 4.79 Å². The van der Waals surface area contributed by atoms with Gasteiger partial charge in [-0.05, 0) is 6.92 Å². The monoisotopic (exact) mass is 203 g/mol. The summed E-state index contributed by atoms with van der Waals surface area (Å²) < 4.78 is 1.80. The van der Waals surface area contributed by atoms with Crippen LogP contribution in [0.25, 0.3) is 0 Å². The number of hydrogen-bond donors (Lipinski definition) is 0. The van der Waals surface area contributed by atoms with Crippen molar-refractivity contribution in [1.82, 2.24) is 9.78 Å². The number of anilines is 1. The van der Waals surface area contributed by atoms with Gasteiger partial charge in [-0.3, -0.25) is 9.69 Å². The maximum absolute atomic E-state index is 11.7. The lowest BCUT2D eigenvalue weighted by molar-refractivity contribution is -0.117. The highest BCUT2D eigenvalue weighted by molar-refractivity contribution is 5.95. The Morgan fingerprint density at radius 1 is 1.73 bits per heavy atom. The molecular formula is C11H13N3O. The van der Waals surface area contributed by atoms with E-state index in [0.717, 1.165) is 12.4 Å². The van der Waals surface area contributed by atoms with Gasteiger partial charge in [-0.2, -0.15) is 5.10 Å². The number of hydrogen-bond acceptors (Lipinski definition) is 2. The number of rotatable bonds is 2. The third-order valence-electron chi connectivity index (χ3n) is 2.63. The Morgan fingerprint density at radius 2 is 2.53 bits per heavy atom. The third-order valence-corrected chi connectivity index (χ3v) is 2.63. The molecule has 1 atom stereocenters. The standard InChI is InChI=1S/C11H13N3O/c1-3-9-7-11(15)13(8-9)10-5-6-12-14(10)4-2/h1,5-6,9H,4,7-8H2,2H3. The van der Waals surface area contributed by atoms with Crippen LogP contribution in [0.4, 0.5) is 5.82 Å². The van der Waals surface area contributed by atoms with Gasteiger partial charge in [0.05, 0.1) is 6.20 Å². The van der Waals surface area contributed by atoms with Gasteiger partial charge in [0.15, 0.2) is 0 Å². The molecule has 1 saturated heterocycles. The summed E-state index contributed by atoms with van der Waals surface area (Å²) >= 11 is 0. The number of aryl methyl sites for hydroxylation is 1. The van der Waals surface area contributed by atoms with Gasteiger partial charge in [0.2, 0.25) is 5.91 Å². The molecule has 1 fully saturated rings. The number of aromatic nitrogens is 2. The summed E-state index contributed by atoms with van der Waals surface area (Å²) in [6.07, 6.45) is 7.48. The Bertz CT molecular complexity index is 416. The van der Waals surface area contributed by atoms with Gasteiger partial charge in [0.25, 0.3) is 0 Å². The Kier molecular flexibility index (Phi) is 2.46. The molecule has 0 N–H and O–H groups in total. The summed E-state index contributed by atoms with van der Waals surface area (Å²) in [6, 6.07) is 1.85. The van der Waals surface area contributed by atoms with Crippen LogP contribution in [0.3, 0.4) is 0 Å². The average molecular weight is 203 g/mol. The van der Waals surface area contributed by atoms with Crippen LogP contribution >= 0.6 is 0 Å². The van der Waals surface area contributed by atoms with E-state index in [4.69, 9.17) is 6.42 Å². The molecular weight excluding hydrogens is 190 g/mol. The predicted molar refractivity (Wildman–Crippen MR) is 57.2 cm³/mol. The van der Waals surface area contributed by atoms with E-state index in [1.54, 1.807) is 15.8 Å². The van der Waals surface area contributed by atoms with Gasteiger partial charge in [0.1, 0.15) is 5.82 Å². The molecule has 1 aliphatic rings. The maximum Gasteiger partial charge on any atom is 0.229 e. The van der Waals surface area contributed by atoms with Crippen molar-refractivity contribution in [3.05, 3.63) is 12.3 Å². The largest absolute Gasteiger partial charge is 0.296 e. The molecule has 1 unspecified atom stereocenters. The van der Waals surface area contributed by atoms with Crippen LogP contribution < -0.4 is 4.90 Å². The molecule has 0 spiro atoms. The van der Waals surface area contributed by atoms with E-state index in [-0.39, 0.29) is 11.8 Å². The molecule has 4 heteroatoms. The number of nitrogens with zero attached hydrogens (tertiary/aromatic N) is 3. The summed E-state index contributed by atoms with van der Waals surface area (Å²) in [6.45, 7) is 3.36. The molecule has 2 heterocycles. The zero-order chi connectivity index (χ0) is 10.8. The molecule has 1 aromatic heterocycles. The van der Waals surface area contributed by atoms with Gasteiger partial charge in [0, 0.05) is 31.5 Å². The number of amides is 1. The topological polar surface area (TPSA) is 38.1 Å². The molecule has 0 bridgehead atoms. The third kappa shape index (κ3) is 1.61. The average Bonchev–Trinajstić information content (AvgIpc) is 2.82. The Morgan fingerprint density at radius 3 is 3.13 bits per heavy atom. The normalized spacial score (nSPS) is 20.7. The lowest BCUT2D eigenvalue weighted by Gasteiger charge is -2.16. The van der Waals surface area contributed by atoms with E-state index in [9.17, 15) is 4.79 Å². The molecule has 0 aliphatic carbocycles. The van der Waals surface area contributed by atoms with Crippen molar-refractivity contribution >= 4 is 11.7 Å². The fourth-order valence-corrected chi connectivity index (χ4v) is 1.84. The number of carbonyl (C=O) groups excluding carboxylic acids is 1. The first-order chi connectivity index (χ1) is 7.26. The van der Waals surface area contributed by atoms with Crippen LogP contribution in [0, 0.1) is 18.3 Å². The van der Waals surface area contributed by atoms with Crippen LogP contribution in [0.15, 0.2) is 12.3 Å². The smallest absolute Gasteiger partial charge is 0.229 e. The van der Waals surface area contributed by atoms with Crippen LogP contribution in [-0.2, 0) is 11.3 Å². The van der Waals surface area contributed by atoms with Gasteiger partial charge in [-0.15, -0.1) is 12.3 Å². The first kappa shape index (κ1) is 9.78. The van der Waals surface area contributed by atoms with E-state index in [1.807, 2.05) is 13.0 Å². The highest BCUT2D eigenvalue weighted by Gasteiger charge is 2.30. The minimum absolute atomic E-state index is 0.0395. The minimum Gasteiger partial charge on any atom is -0.296 e. The quantitative estimate of drug-likeness (QED) is 0.669. The molecule has 2 rings (SSSR count). The lowest BCUT2D eigenvalue weighted by atomic mass is 10.1. The summed E-state index contributed by atoms with van der Waals surface area (Å²) in [5.74, 6) is 3.61. The van der Waals surface area contributed by atoms with Crippen molar-refractivity contribution in [2.75, 3.05) is 11.4 Å². The highest BCUT2D eigenvalue weighted by atomic mass is 16.2. The molecule has 1 aromatic rings. The van der Waals surface area contributed by atoms with E-state index >= 15 is 0 Å². The van der Waals surface area contributed by atoms with Crippen molar-refractivity contribution in [2.24, 2.45) is 5.92 Å². The summed E-state index contributed by atoms with van der Waals surface area (Å²) in [5, 5.41) is 4.14. The molecule has 1 amide bonds. The van der Waals surface area contributed by atoms with E-state index in [2.05, 4.69) is 11.0 Å². The van der Waals surface area contributed by atoms with E-state index in [1.165, 1.54) is 0 Å². The van der Waals surface area contributed by atoms with Gasteiger partial charge in [-0.1, -0.05) is 0 Å². The van der Waals surface area contributed by atoms with Crippen molar-refractivity contribution in [2.45, 2.75) is 19.9 Å². The molecule has 4 nitrogen and oxygen atoms in total. The summed E-state index contributed by atoms with van der Waals surface area (Å²) in [4.78, 5) is 13.4. The molecule has 1 aliphatic heterocycles. The molecule has 0 radical (unpaired) electrons. The first-order valence-electron chi connectivity index (χ1n) is 5.04. The fourth-order valence-electron chi connectivity index (χ4n) is 1.84. The van der Waals surface area contributed by atoms with E-state index < -0.39 is 0 Å². The van der Waals surface area contributed by atoms with Crippen LogP contribution in [-0.4, -0.2) is 22.2 Å². The molecule has 78 valence electrons. The number of carbonyl (C=O) groups is 1. The van der Waals surface area contributed by atoms with Gasteiger partial charge in [-0.25, -0.2) is 4.68 Å². The molecule has 0 saturated carbocycles. The predicted octanol–water partition coefficient (Wildman–Crippen LogP) is 0.889. The molecule has 15 heavy (non-hydrogen) atoms. The fraction of sp³-hybridized carbons (Fsp3) is 0.455. The van der Waals surface area contributed by atoms with Crippen LogP contribution in [0.5, 0.6) is 0 Å². The maximum atomic E-state index is 11.7. The summed E-state index contributed by atoms with van der Waals surface area (Å²) in [7, 11) is 0. The second-order valence-electron chi connectivity index (χ2n) is 3.58. The van der Waals surface area contributed by atoms with Gasteiger partial charge >= 0.3 is 0 Å². The Hall–Kier alpha value is -1.76. The second kappa shape index (κ2) is 3.77. The lowest BCUT2D eigenvalue weighted by Crippen LogP contribution is -2.27. The van der Waals surface area contributed by atoms with Crippen LogP contribution in [0.1, 0.15) is 13.3 Å². The van der Waals surface area contributed by atoms with E-state index in [0.29, 0.717) is 13.0 Å². The number of terminal acetylenes is 1.